The number of ether oxygens (including phenoxy) is 1. The van der Waals surface area contributed by atoms with Crippen molar-refractivity contribution in [1.82, 2.24) is 9.55 Å². The highest BCUT2D eigenvalue weighted by atomic mass is 35.5. The van der Waals surface area contributed by atoms with Gasteiger partial charge in [-0.25, -0.2) is 4.79 Å². The number of aromatic nitrogens is 2. The fraction of sp³-hybridized carbons (Fsp3) is 0. The topological polar surface area (TPSA) is 104 Å². The molecule has 4 rings (SSSR count). The van der Waals surface area contributed by atoms with Crippen molar-refractivity contribution >= 4 is 23.3 Å². The van der Waals surface area contributed by atoms with Gasteiger partial charge in [-0.3, -0.25) is 19.5 Å². The zero-order chi connectivity index (χ0) is 22.7. The van der Waals surface area contributed by atoms with Gasteiger partial charge >= 0.3 is 5.97 Å². The average molecular weight is 448 g/mol. The van der Waals surface area contributed by atoms with Crippen LogP contribution in [0.2, 0.25) is 5.02 Å². The Bertz CT molecular complexity index is 1370. The van der Waals surface area contributed by atoms with E-state index in [1.807, 2.05) is 12.1 Å². The second-order valence-electron chi connectivity index (χ2n) is 6.60. The highest BCUT2D eigenvalue weighted by Gasteiger charge is 2.24. The Morgan fingerprint density at radius 3 is 2.28 bits per heavy atom. The Morgan fingerprint density at radius 2 is 1.62 bits per heavy atom. The van der Waals surface area contributed by atoms with Crippen molar-refractivity contribution in [2.24, 2.45) is 0 Å². The number of nitro groups is 1. The first-order valence-electron chi connectivity index (χ1n) is 9.35. The molecule has 1 aromatic heterocycles. The summed E-state index contributed by atoms with van der Waals surface area (Å²) in [7, 11) is 0. The Hall–Kier alpha value is -4.30. The van der Waals surface area contributed by atoms with Gasteiger partial charge in [0.1, 0.15) is 5.56 Å². The SMILES string of the molecule is O=C(Oc1cc(=O)n(-c2ccccc2)c(-c2ccccc2)n1)c1ccc(Cl)cc1[N+](=O)[O-]. The first-order chi connectivity index (χ1) is 15.4. The number of para-hydroxylation sites is 1. The quantitative estimate of drug-likeness (QED) is 0.250. The summed E-state index contributed by atoms with van der Waals surface area (Å²) >= 11 is 5.80. The second-order valence-corrected chi connectivity index (χ2v) is 7.04. The molecule has 3 aromatic carbocycles. The van der Waals surface area contributed by atoms with Crippen molar-refractivity contribution in [2.75, 3.05) is 0 Å². The third kappa shape index (κ3) is 4.26. The minimum atomic E-state index is -1.03. The first kappa shape index (κ1) is 21.0. The Balaban J connectivity index is 1.80. The van der Waals surface area contributed by atoms with E-state index in [0.717, 1.165) is 12.1 Å². The smallest absolute Gasteiger partial charge is 0.351 e. The molecule has 0 fully saturated rings. The molecule has 158 valence electrons. The molecular weight excluding hydrogens is 434 g/mol. The van der Waals surface area contributed by atoms with Crippen molar-refractivity contribution in [2.45, 2.75) is 0 Å². The molecule has 4 aromatic rings. The predicted octanol–water partition coefficient (Wildman–Crippen LogP) is 4.68. The molecule has 8 nitrogen and oxygen atoms in total. The standard InChI is InChI=1S/C23H14ClN3O5/c24-16-11-12-18(19(13-16)27(30)31)23(29)32-20-14-21(28)26(17-9-5-2-6-10-17)22(25-20)15-7-3-1-4-8-15/h1-14H. The molecule has 0 saturated carbocycles. The van der Waals surface area contributed by atoms with E-state index in [1.165, 1.54) is 16.7 Å². The van der Waals surface area contributed by atoms with Crippen molar-refractivity contribution < 1.29 is 14.5 Å². The van der Waals surface area contributed by atoms with Crippen LogP contribution < -0.4 is 10.3 Å². The van der Waals surface area contributed by atoms with E-state index in [0.29, 0.717) is 11.3 Å². The van der Waals surface area contributed by atoms with Gasteiger partial charge in [-0.2, -0.15) is 4.98 Å². The van der Waals surface area contributed by atoms with E-state index in [1.54, 1.807) is 48.5 Å². The maximum atomic E-state index is 13.0. The maximum absolute atomic E-state index is 13.0. The Kier molecular flexibility index (Phi) is 5.78. The number of halogens is 1. The number of carbonyl (C=O) groups is 1. The summed E-state index contributed by atoms with van der Waals surface area (Å²) in [6.07, 6.45) is 0. The molecule has 0 radical (unpaired) electrons. The molecular formula is C23H14ClN3O5. The van der Waals surface area contributed by atoms with E-state index in [9.17, 15) is 19.7 Å². The zero-order valence-corrected chi connectivity index (χ0v) is 17.1. The van der Waals surface area contributed by atoms with Gasteiger partial charge in [0, 0.05) is 16.7 Å². The van der Waals surface area contributed by atoms with Crippen molar-refractivity contribution in [3.8, 4) is 23.0 Å². The zero-order valence-electron chi connectivity index (χ0n) is 16.3. The van der Waals surface area contributed by atoms with Gasteiger partial charge in [0.25, 0.3) is 11.2 Å². The van der Waals surface area contributed by atoms with Gasteiger partial charge in [-0.1, -0.05) is 60.1 Å². The van der Waals surface area contributed by atoms with Gasteiger partial charge in [-0.15, -0.1) is 0 Å². The molecule has 32 heavy (non-hydrogen) atoms. The summed E-state index contributed by atoms with van der Waals surface area (Å²) in [4.78, 5) is 40.5. The predicted molar refractivity (Wildman–Crippen MR) is 118 cm³/mol. The van der Waals surface area contributed by atoms with Crippen LogP contribution in [-0.4, -0.2) is 20.4 Å². The summed E-state index contributed by atoms with van der Waals surface area (Å²) in [6, 6.07) is 22.4. The third-order valence-corrected chi connectivity index (χ3v) is 4.75. The summed E-state index contributed by atoms with van der Waals surface area (Å²) in [5.74, 6) is -1.07. The van der Waals surface area contributed by atoms with E-state index >= 15 is 0 Å². The lowest BCUT2D eigenvalue weighted by atomic mass is 10.2. The van der Waals surface area contributed by atoms with Gasteiger partial charge in [-0.05, 0) is 24.3 Å². The molecule has 0 amide bonds. The molecule has 0 aliphatic carbocycles. The fourth-order valence-corrected chi connectivity index (χ4v) is 3.27. The molecule has 0 aliphatic rings. The van der Waals surface area contributed by atoms with Crippen LogP contribution in [0.4, 0.5) is 5.69 Å². The lowest BCUT2D eigenvalue weighted by molar-refractivity contribution is -0.385. The highest BCUT2D eigenvalue weighted by molar-refractivity contribution is 6.31. The van der Waals surface area contributed by atoms with Crippen LogP contribution in [0.5, 0.6) is 5.88 Å². The van der Waals surface area contributed by atoms with Crippen LogP contribution in [0, 0.1) is 10.1 Å². The number of nitro benzene ring substituents is 1. The molecule has 0 saturated heterocycles. The Labute approximate surface area is 186 Å². The van der Waals surface area contributed by atoms with E-state index in [-0.39, 0.29) is 22.3 Å². The number of hydrogen-bond acceptors (Lipinski definition) is 6. The van der Waals surface area contributed by atoms with Crippen LogP contribution in [0.3, 0.4) is 0 Å². The fourth-order valence-electron chi connectivity index (χ4n) is 3.10. The molecule has 9 heteroatoms. The van der Waals surface area contributed by atoms with E-state index in [4.69, 9.17) is 16.3 Å². The van der Waals surface area contributed by atoms with Gasteiger partial charge in [0.15, 0.2) is 5.82 Å². The minimum absolute atomic E-state index is 0.100. The minimum Gasteiger partial charge on any atom is -0.403 e. The lowest BCUT2D eigenvalue weighted by Crippen LogP contribution is -2.22. The van der Waals surface area contributed by atoms with E-state index < -0.39 is 22.1 Å². The van der Waals surface area contributed by atoms with Crippen LogP contribution in [0.1, 0.15) is 10.4 Å². The van der Waals surface area contributed by atoms with Gasteiger partial charge in [0.05, 0.1) is 16.7 Å². The van der Waals surface area contributed by atoms with Gasteiger partial charge in [0.2, 0.25) is 5.88 Å². The molecule has 0 N–H and O–H groups in total. The van der Waals surface area contributed by atoms with Crippen molar-refractivity contribution in [3.63, 3.8) is 0 Å². The van der Waals surface area contributed by atoms with Crippen molar-refractivity contribution in [3.05, 3.63) is 116 Å². The van der Waals surface area contributed by atoms with Crippen LogP contribution in [0.15, 0.2) is 89.7 Å². The molecule has 0 aliphatic heterocycles. The normalized spacial score (nSPS) is 10.5. The van der Waals surface area contributed by atoms with Crippen LogP contribution in [-0.2, 0) is 0 Å². The Morgan fingerprint density at radius 1 is 0.969 bits per heavy atom. The van der Waals surface area contributed by atoms with Crippen LogP contribution in [0.25, 0.3) is 17.1 Å². The highest BCUT2D eigenvalue weighted by Crippen LogP contribution is 2.26. The van der Waals surface area contributed by atoms with Crippen LogP contribution >= 0.6 is 11.6 Å². The third-order valence-electron chi connectivity index (χ3n) is 4.52. The maximum Gasteiger partial charge on any atom is 0.351 e. The number of rotatable bonds is 5. The molecule has 0 unspecified atom stereocenters. The summed E-state index contributed by atoms with van der Waals surface area (Å²) in [5.41, 5.74) is -0.115. The average Bonchev–Trinajstić information content (AvgIpc) is 2.79. The second kappa shape index (κ2) is 8.83. The summed E-state index contributed by atoms with van der Waals surface area (Å²) < 4.78 is 6.64. The number of carbonyl (C=O) groups excluding carboxylic acids is 1. The molecule has 0 atom stereocenters. The van der Waals surface area contributed by atoms with Gasteiger partial charge < -0.3 is 4.74 Å². The molecule has 0 bridgehead atoms. The number of benzene rings is 3. The summed E-state index contributed by atoms with van der Waals surface area (Å²) in [6.45, 7) is 0. The number of esters is 1. The largest absolute Gasteiger partial charge is 0.403 e. The molecule has 0 spiro atoms. The number of hydrogen-bond donors (Lipinski definition) is 0. The first-order valence-corrected chi connectivity index (χ1v) is 9.73. The van der Waals surface area contributed by atoms with E-state index in [2.05, 4.69) is 4.98 Å². The molecule has 1 heterocycles. The monoisotopic (exact) mass is 447 g/mol. The summed E-state index contributed by atoms with van der Waals surface area (Å²) in [5, 5.41) is 11.4. The number of nitrogens with zero attached hydrogens (tertiary/aromatic N) is 3. The lowest BCUT2D eigenvalue weighted by Gasteiger charge is -2.13. The van der Waals surface area contributed by atoms with Crippen molar-refractivity contribution in [1.29, 1.82) is 0 Å².